The van der Waals surface area contributed by atoms with Crippen molar-refractivity contribution in [1.82, 2.24) is 15.5 Å². The summed E-state index contributed by atoms with van der Waals surface area (Å²) in [6.45, 7) is 6.23. The van der Waals surface area contributed by atoms with E-state index in [-0.39, 0.29) is 0 Å². The summed E-state index contributed by atoms with van der Waals surface area (Å²) in [4.78, 5) is 14.9. The van der Waals surface area contributed by atoms with Crippen molar-refractivity contribution in [2.45, 2.75) is 44.9 Å². The van der Waals surface area contributed by atoms with Crippen LogP contribution in [0.25, 0.3) is 0 Å². The summed E-state index contributed by atoms with van der Waals surface area (Å²) in [7, 11) is 0. The molecule has 1 saturated heterocycles. The number of amides is 1. The SMILES string of the molecule is O=C(CC12CC3CC(CC(C3)C1)C2)NCCN1CCNCC1. The van der Waals surface area contributed by atoms with E-state index in [1.54, 1.807) is 0 Å². The van der Waals surface area contributed by atoms with Crippen LogP contribution in [0.5, 0.6) is 0 Å². The Balaban J connectivity index is 1.24. The standard InChI is InChI=1S/C18H31N3O/c22-17(20-3-6-21-4-1-19-2-5-21)13-18-10-14-7-15(11-18)9-16(8-14)12-18/h14-16,19H,1-13H2,(H,20,22). The van der Waals surface area contributed by atoms with Gasteiger partial charge in [-0.25, -0.2) is 0 Å². The number of hydrogen-bond acceptors (Lipinski definition) is 3. The average molecular weight is 305 g/mol. The third-order valence-electron chi connectivity index (χ3n) is 6.66. The minimum Gasteiger partial charge on any atom is -0.355 e. The first-order valence-electron chi connectivity index (χ1n) is 9.41. The van der Waals surface area contributed by atoms with Crippen LogP contribution >= 0.6 is 0 Å². The Morgan fingerprint density at radius 2 is 1.64 bits per heavy atom. The molecule has 2 N–H and O–H groups in total. The van der Waals surface area contributed by atoms with Crippen molar-refractivity contribution >= 4 is 5.91 Å². The fourth-order valence-electron chi connectivity index (χ4n) is 6.20. The molecule has 22 heavy (non-hydrogen) atoms. The van der Waals surface area contributed by atoms with Gasteiger partial charge < -0.3 is 10.6 Å². The van der Waals surface area contributed by atoms with Gasteiger partial charge in [0.1, 0.15) is 0 Å². The van der Waals surface area contributed by atoms with Crippen molar-refractivity contribution in [3.05, 3.63) is 0 Å². The molecule has 1 aliphatic heterocycles. The van der Waals surface area contributed by atoms with Crippen LogP contribution in [-0.2, 0) is 4.79 Å². The largest absolute Gasteiger partial charge is 0.355 e. The number of piperazine rings is 1. The van der Waals surface area contributed by atoms with Gasteiger partial charge in [0.2, 0.25) is 5.91 Å². The lowest BCUT2D eigenvalue weighted by molar-refractivity contribution is -0.129. The van der Waals surface area contributed by atoms with Gasteiger partial charge in [-0.1, -0.05) is 0 Å². The Hall–Kier alpha value is -0.610. The summed E-state index contributed by atoms with van der Waals surface area (Å²) in [5, 5.41) is 6.57. The van der Waals surface area contributed by atoms with Crippen LogP contribution in [0.2, 0.25) is 0 Å². The summed E-state index contributed by atoms with van der Waals surface area (Å²) in [5.74, 6) is 3.15. The van der Waals surface area contributed by atoms with Gasteiger partial charge >= 0.3 is 0 Å². The molecular formula is C18H31N3O. The zero-order valence-electron chi connectivity index (χ0n) is 13.8. The molecule has 5 fully saturated rings. The highest BCUT2D eigenvalue weighted by Gasteiger charge is 2.51. The van der Waals surface area contributed by atoms with Crippen molar-refractivity contribution in [2.75, 3.05) is 39.3 Å². The Morgan fingerprint density at radius 3 is 2.23 bits per heavy atom. The molecule has 0 spiro atoms. The number of carbonyl (C=O) groups excluding carboxylic acids is 1. The molecule has 0 aromatic rings. The number of nitrogens with one attached hydrogen (secondary N) is 2. The quantitative estimate of drug-likeness (QED) is 0.811. The summed E-state index contributed by atoms with van der Waals surface area (Å²) >= 11 is 0. The highest BCUT2D eigenvalue weighted by molar-refractivity contribution is 5.76. The van der Waals surface area contributed by atoms with Gasteiger partial charge in [-0.2, -0.15) is 0 Å². The molecule has 0 aromatic heterocycles. The zero-order chi connectivity index (χ0) is 15.0. The van der Waals surface area contributed by atoms with Crippen LogP contribution < -0.4 is 10.6 Å². The van der Waals surface area contributed by atoms with E-state index in [4.69, 9.17) is 0 Å². The van der Waals surface area contributed by atoms with Crippen LogP contribution in [0.15, 0.2) is 0 Å². The highest BCUT2D eigenvalue weighted by atomic mass is 16.1. The Kier molecular flexibility index (Phi) is 4.16. The second kappa shape index (κ2) is 6.12. The van der Waals surface area contributed by atoms with E-state index < -0.39 is 0 Å². The molecule has 0 radical (unpaired) electrons. The molecule has 124 valence electrons. The molecule has 4 aliphatic carbocycles. The zero-order valence-corrected chi connectivity index (χ0v) is 13.8. The summed E-state index contributed by atoms with van der Waals surface area (Å²) < 4.78 is 0. The van der Waals surface area contributed by atoms with E-state index in [1.807, 2.05) is 0 Å². The van der Waals surface area contributed by atoms with E-state index >= 15 is 0 Å². The topological polar surface area (TPSA) is 44.4 Å². The maximum atomic E-state index is 12.4. The molecule has 5 aliphatic rings. The molecule has 0 unspecified atom stereocenters. The van der Waals surface area contributed by atoms with E-state index in [9.17, 15) is 4.79 Å². The number of carbonyl (C=O) groups is 1. The Bertz CT molecular complexity index is 381. The minimum atomic E-state index is 0.317. The van der Waals surface area contributed by atoms with Gasteiger partial charge in [0, 0.05) is 45.7 Å². The third-order valence-corrected chi connectivity index (χ3v) is 6.66. The predicted molar refractivity (Wildman–Crippen MR) is 87.5 cm³/mol. The lowest BCUT2D eigenvalue weighted by Gasteiger charge is -2.56. The minimum absolute atomic E-state index is 0.317. The van der Waals surface area contributed by atoms with E-state index in [2.05, 4.69) is 15.5 Å². The van der Waals surface area contributed by atoms with Crippen LogP contribution in [0.4, 0.5) is 0 Å². The first kappa shape index (κ1) is 14.9. The molecular weight excluding hydrogens is 274 g/mol. The van der Waals surface area contributed by atoms with Gasteiger partial charge in [0.15, 0.2) is 0 Å². The number of nitrogens with zero attached hydrogens (tertiary/aromatic N) is 1. The molecule has 1 heterocycles. The molecule has 0 atom stereocenters. The number of hydrogen-bond donors (Lipinski definition) is 2. The van der Waals surface area contributed by atoms with Crippen molar-refractivity contribution in [1.29, 1.82) is 0 Å². The Morgan fingerprint density at radius 1 is 1.05 bits per heavy atom. The lowest BCUT2D eigenvalue weighted by Crippen LogP contribution is -2.49. The molecule has 4 bridgehead atoms. The molecule has 0 aromatic carbocycles. The van der Waals surface area contributed by atoms with Gasteiger partial charge in [0.25, 0.3) is 0 Å². The van der Waals surface area contributed by atoms with Gasteiger partial charge in [-0.05, 0) is 61.7 Å². The van der Waals surface area contributed by atoms with Crippen LogP contribution in [0.3, 0.4) is 0 Å². The normalized spacial score (nSPS) is 40.8. The van der Waals surface area contributed by atoms with Gasteiger partial charge in [-0.3, -0.25) is 9.69 Å². The molecule has 4 nitrogen and oxygen atoms in total. The van der Waals surface area contributed by atoms with Crippen LogP contribution in [0, 0.1) is 23.2 Å². The maximum absolute atomic E-state index is 12.4. The lowest BCUT2D eigenvalue weighted by atomic mass is 9.49. The second-order valence-corrected chi connectivity index (χ2v) is 8.54. The highest BCUT2D eigenvalue weighted by Crippen LogP contribution is 2.61. The van der Waals surface area contributed by atoms with Crippen molar-refractivity contribution < 1.29 is 4.79 Å². The Labute approximate surface area is 134 Å². The van der Waals surface area contributed by atoms with Crippen molar-refractivity contribution in [3.8, 4) is 0 Å². The second-order valence-electron chi connectivity index (χ2n) is 8.54. The first-order valence-corrected chi connectivity index (χ1v) is 9.41. The molecule has 1 amide bonds. The van der Waals surface area contributed by atoms with Gasteiger partial charge in [-0.15, -0.1) is 0 Å². The fraction of sp³-hybridized carbons (Fsp3) is 0.944. The monoisotopic (exact) mass is 305 g/mol. The van der Waals surface area contributed by atoms with Crippen molar-refractivity contribution in [2.24, 2.45) is 23.2 Å². The molecule has 4 saturated carbocycles. The third kappa shape index (κ3) is 3.18. The molecule has 5 rings (SSSR count). The molecule has 4 heteroatoms. The maximum Gasteiger partial charge on any atom is 0.220 e. The summed E-state index contributed by atoms with van der Waals surface area (Å²) in [6.07, 6.45) is 9.20. The van der Waals surface area contributed by atoms with E-state index in [0.29, 0.717) is 11.3 Å². The van der Waals surface area contributed by atoms with E-state index in [1.165, 1.54) is 38.5 Å². The first-order chi connectivity index (χ1) is 10.7. The predicted octanol–water partition coefficient (Wildman–Crippen LogP) is 1.61. The van der Waals surface area contributed by atoms with Crippen molar-refractivity contribution in [3.63, 3.8) is 0 Å². The van der Waals surface area contributed by atoms with E-state index in [0.717, 1.165) is 63.4 Å². The summed E-state index contributed by atoms with van der Waals surface area (Å²) in [5.41, 5.74) is 0.383. The van der Waals surface area contributed by atoms with Crippen LogP contribution in [-0.4, -0.2) is 50.1 Å². The van der Waals surface area contributed by atoms with Gasteiger partial charge in [0.05, 0.1) is 0 Å². The number of rotatable bonds is 5. The smallest absolute Gasteiger partial charge is 0.220 e. The average Bonchev–Trinajstić information content (AvgIpc) is 2.46. The fourth-order valence-corrected chi connectivity index (χ4v) is 6.20. The summed E-state index contributed by atoms with van der Waals surface area (Å²) in [6, 6.07) is 0. The van der Waals surface area contributed by atoms with Crippen LogP contribution in [0.1, 0.15) is 44.9 Å².